The fourth-order valence-corrected chi connectivity index (χ4v) is 3.12. The molecule has 17 heavy (non-hydrogen) atoms. The van der Waals surface area contributed by atoms with Gasteiger partial charge >= 0.3 is 0 Å². The Hall–Kier alpha value is -0.190. The van der Waals surface area contributed by atoms with Crippen molar-refractivity contribution < 1.29 is 9.84 Å². The zero-order chi connectivity index (χ0) is 12.3. The number of aliphatic hydroxyl groups is 1. The van der Waals surface area contributed by atoms with Crippen molar-refractivity contribution in [2.75, 3.05) is 11.5 Å². The third kappa shape index (κ3) is 3.39. The number of benzene rings is 1. The van der Waals surface area contributed by atoms with Crippen molar-refractivity contribution in [3.63, 3.8) is 0 Å². The van der Waals surface area contributed by atoms with Gasteiger partial charge in [0.2, 0.25) is 0 Å². The van der Waals surface area contributed by atoms with Gasteiger partial charge in [-0.2, -0.15) is 11.8 Å². The summed E-state index contributed by atoms with van der Waals surface area (Å²) in [4.78, 5) is 0. The van der Waals surface area contributed by atoms with Crippen LogP contribution < -0.4 is 4.74 Å². The molecule has 1 heterocycles. The molecule has 1 aliphatic heterocycles. The van der Waals surface area contributed by atoms with E-state index in [0.717, 1.165) is 33.7 Å². The molecule has 0 saturated heterocycles. The molecule has 1 N–H and O–H groups in total. The van der Waals surface area contributed by atoms with E-state index >= 15 is 0 Å². The summed E-state index contributed by atoms with van der Waals surface area (Å²) < 4.78 is 6.89. The molecule has 0 fully saturated rings. The van der Waals surface area contributed by atoms with E-state index in [2.05, 4.69) is 22.9 Å². The molecule has 1 unspecified atom stereocenters. The zero-order valence-corrected chi connectivity index (χ0v) is 12.3. The molecular weight excluding hydrogens is 300 g/mol. The molecular formula is C13H17BrO2S. The van der Waals surface area contributed by atoms with Gasteiger partial charge in [0.1, 0.15) is 11.9 Å². The molecule has 94 valence electrons. The Morgan fingerprint density at radius 2 is 2.35 bits per heavy atom. The lowest BCUT2D eigenvalue weighted by Crippen LogP contribution is -2.26. The highest BCUT2D eigenvalue weighted by atomic mass is 79.9. The average molecular weight is 317 g/mol. The lowest BCUT2D eigenvalue weighted by atomic mass is 9.98. The van der Waals surface area contributed by atoms with E-state index < -0.39 is 6.10 Å². The first-order valence-electron chi connectivity index (χ1n) is 5.92. The summed E-state index contributed by atoms with van der Waals surface area (Å²) >= 11 is 5.33. The van der Waals surface area contributed by atoms with Crippen LogP contribution in [0.25, 0.3) is 0 Å². The molecule has 2 atom stereocenters. The molecule has 0 spiro atoms. The fourth-order valence-electron chi connectivity index (χ4n) is 2.03. The molecule has 2 rings (SSSR count). The van der Waals surface area contributed by atoms with Crippen LogP contribution in [0.3, 0.4) is 0 Å². The number of aliphatic hydroxyl groups excluding tert-OH is 1. The Kier molecular flexibility index (Phi) is 4.77. The number of hydrogen-bond donors (Lipinski definition) is 1. The van der Waals surface area contributed by atoms with Crippen LogP contribution in [-0.2, 0) is 0 Å². The van der Waals surface area contributed by atoms with Crippen LogP contribution in [0.2, 0.25) is 0 Å². The third-order valence-electron chi connectivity index (χ3n) is 2.90. The predicted octanol–water partition coefficient (Wildman–Crippen LogP) is 3.78. The zero-order valence-electron chi connectivity index (χ0n) is 9.86. The van der Waals surface area contributed by atoms with Gasteiger partial charge in [0.25, 0.3) is 0 Å². The van der Waals surface area contributed by atoms with Gasteiger partial charge in [-0.25, -0.2) is 0 Å². The smallest absolute Gasteiger partial charge is 0.125 e. The molecule has 0 saturated carbocycles. The maximum atomic E-state index is 10.1. The van der Waals surface area contributed by atoms with Crippen molar-refractivity contribution in [3.05, 3.63) is 28.2 Å². The van der Waals surface area contributed by atoms with E-state index in [4.69, 9.17) is 4.74 Å². The van der Waals surface area contributed by atoms with Gasteiger partial charge in [0, 0.05) is 16.5 Å². The van der Waals surface area contributed by atoms with Crippen molar-refractivity contribution in [3.8, 4) is 5.75 Å². The summed E-state index contributed by atoms with van der Waals surface area (Å²) in [7, 11) is 0. The van der Waals surface area contributed by atoms with Crippen LogP contribution in [0.15, 0.2) is 22.7 Å². The molecule has 1 aromatic carbocycles. The highest BCUT2D eigenvalue weighted by Crippen LogP contribution is 2.37. The van der Waals surface area contributed by atoms with Gasteiger partial charge in [0.15, 0.2) is 0 Å². The van der Waals surface area contributed by atoms with Gasteiger partial charge in [-0.05, 0) is 36.1 Å². The third-order valence-corrected chi connectivity index (χ3v) is 4.32. The minimum atomic E-state index is -0.395. The largest absolute Gasteiger partial charge is 0.490 e. The normalized spacial score (nSPS) is 23.0. The summed E-state index contributed by atoms with van der Waals surface area (Å²) in [5.74, 6) is 3.07. The Balaban J connectivity index is 2.03. The van der Waals surface area contributed by atoms with Gasteiger partial charge in [0.05, 0.1) is 6.10 Å². The Morgan fingerprint density at radius 3 is 3.12 bits per heavy atom. The maximum absolute atomic E-state index is 10.1. The number of rotatable bonds is 4. The average Bonchev–Trinajstić information content (AvgIpc) is 2.31. The first-order valence-corrected chi connectivity index (χ1v) is 7.87. The molecule has 2 nitrogen and oxygen atoms in total. The first-order chi connectivity index (χ1) is 8.20. The van der Waals surface area contributed by atoms with Crippen molar-refractivity contribution in [2.24, 2.45) is 0 Å². The van der Waals surface area contributed by atoms with Crippen LogP contribution in [-0.4, -0.2) is 22.7 Å². The van der Waals surface area contributed by atoms with Crippen LogP contribution >= 0.6 is 27.7 Å². The minimum absolute atomic E-state index is 0.151. The van der Waals surface area contributed by atoms with Gasteiger partial charge in [-0.15, -0.1) is 0 Å². The topological polar surface area (TPSA) is 29.5 Å². The predicted molar refractivity (Wildman–Crippen MR) is 75.8 cm³/mol. The molecule has 1 aromatic rings. The van der Waals surface area contributed by atoms with E-state index in [0.29, 0.717) is 6.42 Å². The number of halogens is 1. The van der Waals surface area contributed by atoms with Gasteiger partial charge in [-0.1, -0.05) is 22.9 Å². The first kappa shape index (κ1) is 13.2. The number of ether oxygens (including phenoxy) is 1. The number of thioether (sulfide) groups is 1. The summed E-state index contributed by atoms with van der Waals surface area (Å²) in [6.07, 6.45) is 1.46. The molecule has 0 aliphatic carbocycles. The highest BCUT2D eigenvalue weighted by molar-refractivity contribution is 9.10. The Bertz CT molecular complexity index is 384. The van der Waals surface area contributed by atoms with Gasteiger partial charge in [-0.3, -0.25) is 0 Å². The monoisotopic (exact) mass is 316 g/mol. The van der Waals surface area contributed by atoms with Crippen LogP contribution in [0.1, 0.15) is 31.4 Å². The summed E-state index contributed by atoms with van der Waals surface area (Å²) in [5.41, 5.74) is 0.902. The van der Waals surface area contributed by atoms with E-state index in [1.54, 1.807) is 0 Å². The lowest BCUT2D eigenvalue weighted by molar-refractivity contribution is 0.0648. The van der Waals surface area contributed by atoms with Gasteiger partial charge < -0.3 is 9.84 Å². The molecule has 0 amide bonds. The maximum Gasteiger partial charge on any atom is 0.125 e. The molecule has 0 radical (unpaired) electrons. The summed E-state index contributed by atoms with van der Waals surface area (Å²) in [5, 5.41) is 10.1. The summed E-state index contributed by atoms with van der Waals surface area (Å²) in [6.45, 7) is 2.16. The lowest BCUT2D eigenvalue weighted by Gasteiger charge is -2.29. The summed E-state index contributed by atoms with van der Waals surface area (Å²) in [6, 6.07) is 5.83. The second-order valence-corrected chi connectivity index (χ2v) is 6.47. The van der Waals surface area contributed by atoms with Crippen LogP contribution in [0.4, 0.5) is 0 Å². The van der Waals surface area contributed by atoms with Crippen molar-refractivity contribution in [1.29, 1.82) is 0 Å². The quantitative estimate of drug-likeness (QED) is 0.857. The van der Waals surface area contributed by atoms with Crippen molar-refractivity contribution in [2.45, 2.75) is 32.0 Å². The van der Waals surface area contributed by atoms with E-state index in [1.807, 2.05) is 30.0 Å². The molecule has 0 aromatic heterocycles. The van der Waals surface area contributed by atoms with Crippen molar-refractivity contribution in [1.82, 2.24) is 0 Å². The Labute approximate surface area is 115 Å². The standard InChI is InChI=1S/C13H17BrO2S/c1-2-17-6-5-10-8-12(15)11-7-9(14)3-4-13(11)16-10/h3-4,7,10,12,15H,2,5-6,8H2,1H3/t10?,12-/m1/s1. The molecule has 0 bridgehead atoms. The molecule has 1 aliphatic rings. The van der Waals surface area contributed by atoms with E-state index in [9.17, 15) is 5.11 Å². The number of hydrogen-bond acceptors (Lipinski definition) is 3. The van der Waals surface area contributed by atoms with Crippen molar-refractivity contribution >= 4 is 27.7 Å². The SMILES string of the molecule is CCSCCC1C[C@@H](O)c2cc(Br)ccc2O1. The fraction of sp³-hybridized carbons (Fsp3) is 0.538. The van der Waals surface area contributed by atoms with Crippen LogP contribution in [0.5, 0.6) is 5.75 Å². The second-order valence-electron chi connectivity index (χ2n) is 4.16. The van der Waals surface area contributed by atoms with Crippen LogP contribution in [0, 0.1) is 0 Å². The molecule has 4 heteroatoms. The minimum Gasteiger partial charge on any atom is -0.490 e. The van der Waals surface area contributed by atoms with E-state index in [1.165, 1.54) is 0 Å². The van der Waals surface area contributed by atoms with E-state index in [-0.39, 0.29) is 6.10 Å². The Morgan fingerprint density at radius 1 is 1.53 bits per heavy atom. The highest BCUT2D eigenvalue weighted by Gasteiger charge is 2.26. The second kappa shape index (κ2) is 6.12. The number of fused-ring (bicyclic) bond motifs is 1.